The first kappa shape index (κ1) is 13.0. The summed E-state index contributed by atoms with van der Waals surface area (Å²) in [5, 5.41) is 1.24. The smallest absolute Gasteiger partial charge is 0.134 e. The van der Waals surface area contributed by atoms with Crippen molar-refractivity contribution in [2.24, 2.45) is 0 Å². The van der Waals surface area contributed by atoms with Crippen LogP contribution in [0.2, 0.25) is 5.15 Å². The minimum Gasteiger partial charge on any atom is -0.355 e. The summed E-state index contributed by atoms with van der Waals surface area (Å²) in [5.74, 6) is 1.72. The van der Waals surface area contributed by atoms with Gasteiger partial charge in [-0.15, -0.1) is 0 Å². The maximum absolute atomic E-state index is 6.00. The number of hydrogen-bond donors (Lipinski definition) is 0. The van der Waals surface area contributed by atoms with Crippen molar-refractivity contribution in [2.45, 2.75) is 31.4 Å². The van der Waals surface area contributed by atoms with E-state index < -0.39 is 0 Å². The number of thioether (sulfide) groups is 1. The number of rotatable bonds is 2. The van der Waals surface area contributed by atoms with Crippen molar-refractivity contribution in [1.82, 2.24) is 9.97 Å². The van der Waals surface area contributed by atoms with Gasteiger partial charge >= 0.3 is 0 Å². The molecule has 0 N–H and O–H groups in total. The van der Waals surface area contributed by atoms with Gasteiger partial charge in [0.2, 0.25) is 0 Å². The summed E-state index contributed by atoms with van der Waals surface area (Å²) in [4.78, 5) is 10.9. The molecule has 0 radical (unpaired) electrons. The Morgan fingerprint density at radius 2 is 2.24 bits per heavy atom. The number of nitrogens with zero attached hydrogens (tertiary/aromatic N) is 3. The van der Waals surface area contributed by atoms with Crippen LogP contribution in [0, 0.1) is 6.92 Å². The number of aromatic nitrogens is 2. The van der Waals surface area contributed by atoms with Gasteiger partial charge in [-0.25, -0.2) is 9.97 Å². The van der Waals surface area contributed by atoms with Crippen LogP contribution in [0.4, 0.5) is 5.82 Å². The van der Waals surface area contributed by atoms with Crippen molar-refractivity contribution >= 4 is 29.2 Å². The lowest BCUT2D eigenvalue weighted by Gasteiger charge is -2.24. The van der Waals surface area contributed by atoms with Crippen LogP contribution in [-0.4, -0.2) is 34.6 Å². The van der Waals surface area contributed by atoms with E-state index in [4.69, 9.17) is 11.6 Å². The van der Waals surface area contributed by atoms with Crippen LogP contribution in [0.5, 0.6) is 0 Å². The Bertz CT molecular complexity index is 366. The summed E-state index contributed by atoms with van der Waals surface area (Å²) in [6, 6.07) is 1.87. The van der Waals surface area contributed by atoms with Crippen molar-refractivity contribution in [1.29, 1.82) is 0 Å². The van der Waals surface area contributed by atoms with Gasteiger partial charge in [-0.05, 0) is 26.0 Å². The highest BCUT2D eigenvalue weighted by Gasteiger charge is 2.19. The Kier molecular flexibility index (Phi) is 4.51. The summed E-state index contributed by atoms with van der Waals surface area (Å²) in [6.07, 6.45) is 6.03. The maximum Gasteiger partial charge on any atom is 0.134 e. The van der Waals surface area contributed by atoms with Gasteiger partial charge in [-0.2, -0.15) is 11.8 Å². The number of anilines is 1. The van der Waals surface area contributed by atoms with E-state index in [0.29, 0.717) is 10.4 Å². The van der Waals surface area contributed by atoms with Gasteiger partial charge in [-0.3, -0.25) is 0 Å². The summed E-state index contributed by atoms with van der Waals surface area (Å²) in [7, 11) is 0. The molecule has 0 amide bonds. The highest BCUT2D eigenvalue weighted by molar-refractivity contribution is 7.99. The largest absolute Gasteiger partial charge is 0.355 e. The molecule has 0 spiro atoms. The topological polar surface area (TPSA) is 29.0 Å². The molecule has 1 saturated heterocycles. The molecular weight excluding hydrogens is 254 g/mol. The van der Waals surface area contributed by atoms with Gasteiger partial charge in [-0.1, -0.05) is 18.0 Å². The zero-order chi connectivity index (χ0) is 12.3. The monoisotopic (exact) mass is 271 g/mol. The van der Waals surface area contributed by atoms with E-state index in [1.807, 2.05) is 24.8 Å². The molecule has 1 atom stereocenters. The van der Waals surface area contributed by atoms with Gasteiger partial charge in [0, 0.05) is 24.4 Å². The number of hydrogen-bond acceptors (Lipinski definition) is 4. The molecule has 0 aliphatic carbocycles. The third-order valence-corrected chi connectivity index (χ3v) is 4.32. The van der Waals surface area contributed by atoms with Crippen LogP contribution in [0.1, 0.15) is 25.1 Å². The normalized spacial score (nSPS) is 21.4. The first-order valence-corrected chi connectivity index (χ1v) is 7.64. The van der Waals surface area contributed by atoms with Gasteiger partial charge in [0.1, 0.15) is 16.8 Å². The fraction of sp³-hybridized carbons (Fsp3) is 0.667. The molecule has 1 fully saturated rings. The van der Waals surface area contributed by atoms with Crippen molar-refractivity contribution in [3.8, 4) is 0 Å². The Balaban J connectivity index is 2.18. The quantitative estimate of drug-likeness (QED) is 0.773. The third kappa shape index (κ3) is 3.49. The Hall–Kier alpha value is -0.480. The maximum atomic E-state index is 6.00. The summed E-state index contributed by atoms with van der Waals surface area (Å²) in [6.45, 7) is 4.02. The number of aryl methyl sites for hydroxylation is 1. The average molecular weight is 272 g/mol. The third-order valence-electron chi connectivity index (χ3n) is 3.08. The molecular formula is C12H18ClN3S. The van der Waals surface area contributed by atoms with Gasteiger partial charge in [0.25, 0.3) is 0 Å². The van der Waals surface area contributed by atoms with E-state index >= 15 is 0 Å². The van der Waals surface area contributed by atoms with Crippen molar-refractivity contribution < 1.29 is 0 Å². The van der Waals surface area contributed by atoms with E-state index in [1.165, 1.54) is 19.3 Å². The SMILES string of the molecule is CSC1CCCCN(c2cc(Cl)nc(C)n2)C1. The lowest BCUT2D eigenvalue weighted by Crippen LogP contribution is -2.30. The molecule has 0 bridgehead atoms. The van der Waals surface area contributed by atoms with Crippen molar-refractivity contribution in [3.63, 3.8) is 0 Å². The average Bonchev–Trinajstić information content (AvgIpc) is 2.52. The zero-order valence-electron chi connectivity index (χ0n) is 10.3. The molecule has 2 rings (SSSR count). The minimum atomic E-state index is 0.539. The highest BCUT2D eigenvalue weighted by Crippen LogP contribution is 2.24. The van der Waals surface area contributed by atoms with Crippen LogP contribution in [0.25, 0.3) is 0 Å². The van der Waals surface area contributed by atoms with E-state index in [-0.39, 0.29) is 0 Å². The molecule has 94 valence electrons. The molecule has 1 aromatic heterocycles. The molecule has 0 aromatic carbocycles. The van der Waals surface area contributed by atoms with Gasteiger partial charge in [0.15, 0.2) is 0 Å². The van der Waals surface area contributed by atoms with E-state index in [0.717, 1.165) is 24.7 Å². The predicted molar refractivity (Wildman–Crippen MR) is 75.1 cm³/mol. The van der Waals surface area contributed by atoms with E-state index in [2.05, 4.69) is 21.1 Å². The first-order chi connectivity index (χ1) is 8.19. The lowest BCUT2D eigenvalue weighted by molar-refractivity contribution is 0.736. The molecule has 1 unspecified atom stereocenters. The second-order valence-corrected chi connectivity index (χ2v) is 5.92. The fourth-order valence-electron chi connectivity index (χ4n) is 2.18. The molecule has 0 saturated carbocycles. The second-order valence-electron chi connectivity index (χ2n) is 4.40. The standard InChI is InChI=1S/C12H18ClN3S/c1-9-14-11(13)7-12(15-9)16-6-4-3-5-10(8-16)17-2/h7,10H,3-6,8H2,1-2H3. The van der Waals surface area contributed by atoms with Crippen molar-refractivity contribution in [2.75, 3.05) is 24.2 Å². The fourth-order valence-corrected chi connectivity index (χ4v) is 3.13. The van der Waals surface area contributed by atoms with E-state index in [1.54, 1.807) is 0 Å². The minimum absolute atomic E-state index is 0.539. The van der Waals surface area contributed by atoms with Crippen molar-refractivity contribution in [3.05, 3.63) is 17.0 Å². The predicted octanol–water partition coefficient (Wildman–Crippen LogP) is 3.16. The van der Waals surface area contributed by atoms with Crippen LogP contribution >= 0.6 is 23.4 Å². The van der Waals surface area contributed by atoms with Gasteiger partial charge < -0.3 is 4.90 Å². The molecule has 3 nitrogen and oxygen atoms in total. The molecule has 1 aliphatic heterocycles. The second kappa shape index (κ2) is 5.91. The zero-order valence-corrected chi connectivity index (χ0v) is 11.9. The summed E-state index contributed by atoms with van der Waals surface area (Å²) in [5.41, 5.74) is 0. The first-order valence-electron chi connectivity index (χ1n) is 5.98. The Morgan fingerprint density at radius 1 is 1.41 bits per heavy atom. The Labute approximate surface area is 112 Å². The Morgan fingerprint density at radius 3 is 2.94 bits per heavy atom. The van der Waals surface area contributed by atoms with E-state index in [9.17, 15) is 0 Å². The molecule has 1 aromatic rings. The summed E-state index contributed by atoms with van der Waals surface area (Å²) < 4.78 is 0. The molecule has 5 heteroatoms. The molecule has 1 aliphatic rings. The highest BCUT2D eigenvalue weighted by atomic mass is 35.5. The summed E-state index contributed by atoms with van der Waals surface area (Å²) >= 11 is 7.95. The van der Waals surface area contributed by atoms with Crippen LogP contribution in [0.3, 0.4) is 0 Å². The van der Waals surface area contributed by atoms with Gasteiger partial charge in [0.05, 0.1) is 0 Å². The molecule has 17 heavy (non-hydrogen) atoms. The molecule has 2 heterocycles. The van der Waals surface area contributed by atoms with Crippen LogP contribution in [0.15, 0.2) is 6.07 Å². The van der Waals surface area contributed by atoms with Crippen LogP contribution < -0.4 is 4.90 Å². The van der Waals surface area contributed by atoms with Crippen LogP contribution in [-0.2, 0) is 0 Å². The number of halogens is 1. The lowest BCUT2D eigenvalue weighted by atomic mass is 10.2.